The first-order valence-corrected chi connectivity index (χ1v) is 14.2. The summed E-state index contributed by atoms with van der Waals surface area (Å²) in [4.78, 5) is 36.8. The first-order chi connectivity index (χ1) is 20.0. The van der Waals surface area contributed by atoms with Crippen LogP contribution in [0.25, 0.3) is 11.0 Å². The molecular formula is C28H30F3N7O3S. The Hall–Kier alpha value is -4.17. The molecule has 4 aromatic rings. The molecule has 0 atom stereocenters. The number of aromatic nitrogens is 3. The van der Waals surface area contributed by atoms with E-state index in [0.29, 0.717) is 24.5 Å². The minimum Gasteiger partial charge on any atom is -0.495 e. The number of ether oxygens (including phenoxy) is 1. The normalized spacial score (nSPS) is 14.8. The smallest absolute Gasteiger partial charge is 0.390 e. The van der Waals surface area contributed by atoms with E-state index in [4.69, 9.17) is 16.2 Å². The molecule has 10 nitrogen and oxygen atoms in total. The van der Waals surface area contributed by atoms with Gasteiger partial charge in [-0.05, 0) is 61.0 Å². The average molecular weight is 602 g/mol. The Kier molecular flexibility index (Phi) is 8.36. The van der Waals surface area contributed by atoms with Gasteiger partial charge in [0, 0.05) is 17.6 Å². The first-order valence-electron chi connectivity index (χ1n) is 13.3. The molecule has 1 saturated heterocycles. The molecule has 3 aromatic heterocycles. The zero-order valence-electron chi connectivity index (χ0n) is 22.8. The molecule has 0 unspecified atom stereocenters. The molecule has 222 valence electrons. The molecule has 5 rings (SSSR count). The van der Waals surface area contributed by atoms with Gasteiger partial charge in [-0.15, -0.1) is 11.3 Å². The van der Waals surface area contributed by atoms with Crippen LogP contribution in [-0.4, -0.2) is 58.3 Å². The first kappa shape index (κ1) is 29.3. The van der Waals surface area contributed by atoms with Crippen molar-refractivity contribution >= 4 is 45.7 Å². The fourth-order valence-corrected chi connectivity index (χ4v) is 5.91. The molecule has 4 heterocycles. The number of hydrogen-bond acceptors (Lipinski definition) is 9. The van der Waals surface area contributed by atoms with Crippen LogP contribution < -0.4 is 26.9 Å². The summed E-state index contributed by atoms with van der Waals surface area (Å²) in [5.74, 6) is -0.101. The molecule has 5 N–H and O–H groups in total. The van der Waals surface area contributed by atoms with E-state index < -0.39 is 23.9 Å². The summed E-state index contributed by atoms with van der Waals surface area (Å²) in [5.41, 5.74) is 12.6. The molecule has 14 heteroatoms. The minimum atomic E-state index is -4.15. The van der Waals surface area contributed by atoms with Crippen molar-refractivity contribution in [2.75, 3.05) is 37.8 Å². The number of fused-ring (bicyclic) bond motifs is 1. The van der Waals surface area contributed by atoms with Gasteiger partial charge in [0.05, 0.1) is 31.1 Å². The number of hydrogen-bond donors (Lipinski definition) is 3. The van der Waals surface area contributed by atoms with Gasteiger partial charge in [-0.1, -0.05) is 12.1 Å². The van der Waals surface area contributed by atoms with E-state index >= 15 is 0 Å². The molecule has 1 aromatic carbocycles. The second-order valence-electron chi connectivity index (χ2n) is 10.1. The maximum Gasteiger partial charge on any atom is 0.390 e. The third-order valence-electron chi connectivity index (χ3n) is 7.43. The molecule has 1 aliphatic rings. The Morgan fingerprint density at radius 3 is 2.64 bits per heavy atom. The van der Waals surface area contributed by atoms with Crippen LogP contribution in [0.4, 0.5) is 30.6 Å². The van der Waals surface area contributed by atoms with Gasteiger partial charge in [0.15, 0.2) is 5.65 Å². The number of nitrogens with zero attached hydrogens (tertiary/aromatic N) is 4. The van der Waals surface area contributed by atoms with E-state index in [0.717, 1.165) is 23.3 Å². The Labute approximate surface area is 243 Å². The maximum atomic E-state index is 13.0. The lowest BCUT2D eigenvalue weighted by Gasteiger charge is -2.32. The highest BCUT2D eigenvalue weighted by Gasteiger charge is 2.29. The van der Waals surface area contributed by atoms with Gasteiger partial charge in [0.25, 0.3) is 5.91 Å². The third kappa shape index (κ3) is 6.34. The lowest BCUT2D eigenvalue weighted by Crippen LogP contribution is -2.35. The zero-order chi connectivity index (χ0) is 30.0. The van der Waals surface area contributed by atoms with Crippen LogP contribution in [-0.2, 0) is 6.54 Å². The molecule has 1 amide bonds. The van der Waals surface area contributed by atoms with Gasteiger partial charge in [0.2, 0.25) is 11.4 Å². The second kappa shape index (κ2) is 12.0. The van der Waals surface area contributed by atoms with Gasteiger partial charge in [-0.3, -0.25) is 9.59 Å². The van der Waals surface area contributed by atoms with Gasteiger partial charge in [-0.25, -0.2) is 4.98 Å². The molecular weight excluding hydrogens is 571 g/mol. The van der Waals surface area contributed by atoms with E-state index in [1.165, 1.54) is 24.6 Å². The summed E-state index contributed by atoms with van der Waals surface area (Å²) in [5, 5.41) is 5.14. The van der Waals surface area contributed by atoms with E-state index in [1.807, 2.05) is 40.6 Å². The van der Waals surface area contributed by atoms with Crippen LogP contribution in [0.5, 0.6) is 5.75 Å². The monoisotopic (exact) mass is 601 g/mol. The van der Waals surface area contributed by atoms with Gasteiger partial charge in [-0.2, -0.15) is 18.2 Å². The van der Waals surface area contributed by atoms with Crippen molar-refractivity contribution in [3.05, 3.63) is 68.1 Å². The molecule has 0 radical (unpaired) electrons. The molecule has 0 bridgehead atoms. The van der Waals surface area contributed by atoms with Crippen LogP contribution >= 0.6 is 11.3 Å². The number of alkyl halides is 3. The quantitative estimate of drug-likeness (QED) is 0.255. The van der Waals surface area contributed by atoms with Gasteiger partial charge >= 0.3 is 6.18 Å². The number of halogens is 3. The second-order valence-corrected chi connectivity index (χ2v) is 11.1. The number of nitrogen functional groups attached to an aromatic ring is 1. The lowest BCUT2D eigenvalue weighted by atomic mass is 9.89. The van der Waals surface area contributed by atoms with Crippen LogP contribution in [0, 0.1) is 0 Å². The number of benzene rings is 1. The predicted molar refractivity (Wildman–Crippen MR) is 156 cm³/mol. The molecule has 0 aliphatic carbocycles. The minimum absolute atomic E-state index is 0.0187. The number of likely N-dealkylation sites (tertiary alicyclic amines) is 1. The van der Waals surface area contributed by atoms with Crippen molar-refractivity contribution in [3.8, 4) is 5.75 Å². The topological polar surface area (TPSA) is 141 Å². The average Bonchev–Trinajstić information content (AvgIpc) is 3.47. The fourth-order valence-electron chi connectivity index (χ4n) is 5.22. The number of carbonyl (C=O) groups is 1. The summed E-state index contributed by atoms with van der Waals surface area (Å²) in [6, 6.07) is 9.47. The number of nitrogens with two attached hydrogens (primary N) is 2. The number of methoxy groups -OCH3 is 1. The summed E-state index contributed by atoms with van der Waals surface area (Å²) >= 11 is 1.49. The van der Waals surface area contributed by atoms with Crippen LogP contribution in [0.3, 0.4) is 0 Å². The van der Waals surface area contributed by atoms with Crippen LogP contribution in [0.2, 0.25) is 0 Å². The fraction of sp³-hybridized carbons (Fsp3) is 0.357. The number of piperidine rings is 1. The highest BCUT2D eigenvalue weighted by molar-refractivity contribution is 7.09. The summed E-state index contributed by atoms with van der Waals surface area (Å²) in [7, 11) is 1.54. The van der Waals surface area contributed by atoms with Crippen LogP contribution in [0.1, 0.15) is 46.0 Å². The molecule has 42 heavy (non-hydrogen) atoms. The van der Waals surface area contributed by atoms with Crippen molar-refractivity contribution in [3.63, 3.8) is 0 Å². The van der Waals surface area contributed by atoms with Crippen molar-refractivity contribution in [2.45, 2.75) is 37.9 Å². The number of thiophene rings is 1. The van der Waals surface area contributed by atoms with E-state index in [1.54, 1.807) is 4.57 Å². The Morgan fingerprint density at radius 2 is 2.00 bits per heavy atom. The Balaban J connectivity index is 1.40. The third-order valence-corrected chi connectivity index (χ3v) is 8.29. The van der Waals surface area contributed by atoms with Gasteiger partial charge in [0.1, 0.15) is 17.1 Å². The van der Waals surface area contributed by atoms with E-state index in [9.17, 15) is 22.8 Å². The van der Waals surface area contributed by atoms with E-state index in [2.05, 4.69) is 15.3 Å². The SMILES string of the molecule is COc1cc(C2CCN(CCC(F)(F)F)CC2)ccc1Nc1ncc2c(=O)c(C(N)=O)c(N)n(Cc3cccs3)c2n1. The number of pyridine rings is 1. The van der Waals surface area contributed by atoms with Crippen molar-refractivity contribution in [1.82, 2.24) is 19.4 Å². The number of nitrogens with one attached hydrogen (secondary N) is 1. The number of carbonyl (C=O) groups excluding carboxylic acids is 1. The van der Waals surface area contributed by atoms with Gasteiger partial charge < -0.3 is 31.0 Å². The molecule has 0 saturated carbocycles. The lowest BCUT2D eigenvalue weighted by molar-refractivity contribution is -0.138. The molecule has 1 fully saturated rings. The number of primary amides is 1. The molecule has 0 spiro atoms. The standard InChI is InChI=1S/C28H30F3N7O3S/c1-41-21-13-17(16-6-9-37(10-7-16)11-8-28(29,30)31)4-5-20(21)35-27-34-14-19-23(39)22(25(33)40)24(32)38(26(19)36-27)15-18-3-2-12-42-18/h2-5,12-14,16H,6-11,15,32H2,1H3,(H2,33,40)(H,34,35,36). The zero-order valence-corrected chi connectivity index (χ0v) is 23.6. The maximum absolute atomic E-state index is 13.0. The Morgan fingerprint density at radius 1 is 1.24 bits per heavy atom. The van der Waals surface area contributed by atoms with Crippen LogP contribution in [0.15, 0.2) is 46.7 Å². The largest absolute Gasteiger partial charge is 0.495 e. The summed E-state index contributed by atoms with van der Waals surface area (Å²) < 4.78 is 45.0. The number of amides is 1. The Bertz CT molecular complexity index is 1650. The van der Waals surface area contributed by atoms with Crippen molar-refractivity contribution in [1.29, 1.82) is 0 Å². The number of anilines is 3. The predicted octanol–water partition coefficient (Wildman–Crippen LogP) is 4.47. The highest BCUT2D eigenvalue weighted by Crippen LogP contribution is 2.35. The number of rotatable bonds is 9. The van der Waals surface area contributed by atoms with Crippen molar-refractivity contribution in [2.24, 2.45) is 5.73 Å². The summed E-state index contributed by atoms with van der Waals surface area (Å²) in [6.45, 7) is 1.48. The van der Waals surface area contributed by atoms with E-state index in [-0.39, 0.29) is 47.4 Å². The summed E-state index contributed by atoms with van der Waals surface area (Å²) in [6.07, 6.45) is -2.12. The molecule has 1 aliphatic heterocycles. The van der Waals surface area contributed by atoms with Crippen molar-refractivity contribution < 1.29 is 22.7 Å². The highest BCUT2D eigenvalue weighted by atomic mass is 32.1.